The van der Waals surface area contributed by atoms with Crippen LogP contribution in [0.4, 0.5) is 0 Å². The Morgan fingerprint density at radius 2 is 1.30 bits per heavy atom. The first-order valence-corrected chi connectivity index (χ1v) is 5.84. The molecule has 0 unspecified atom stereocenters. The number of nitrogens with zero attached hydrogens (tertiary/aromatic N) is 2. The van der Waals surface area contributed by atoms with Crippen LogP contribution in [0, 0.1) is 0 Å². The molecule has 0 saturated carbocycles. The first-order chi connectivity index (χ1) is 9.83. The third-order valence-electron chi connectivity index (χ3n) is 2.55. The number of carbonyl (C=O) groups excluding carboxylic acids is 2. The normalized spacial score (nSPS) is 9.80. The Bertz CT molecular complexity index is 548. The number of hydrogen-bond donors (Lipinski definition) is 0. The van der Waals surface area contributed by atoms with E-state index in [2.05, 4.69) is 9.97 Å². The number of rotatable bonds is 7. The van der Waals surface area contributed by atoms with E-state index in [0.29, 0.717) is 24.3 Å². The second kappa shape index (κ2) is 6.98. The number of hydrogen-bond acceptors (Lipinski definition) is 6. The van der Waals surface area contributed by atoms with Crippen LogP contribution in [0.1, 0.15) is 11.1 Å². The van der Waals surface area contributed by atoms with E-state index in [1.165, 1.54) is 0 Å². The summed E-state index contributed by atoms with van der Waals surface area (Å²) in [5.74, 6) is 0. The highest BCUT2D eigenvalue weighted by molar-refractivity contribution is 5.55. The van der Waals surface area contributed by atoms with Crippen LogP contribution in [-0.4, -0.2) is 22.9 Å². The molecule has 0 aromatic carbocycles. The van der Waals surface area contributed by atoms with Crippen LogP contribution in [0.3, 0.4) is 0 Å². The van der Waals surface area contributed by atoms with E-state index in [-0.39, 0.29) is 13.2 Å². The fourth-order valence-corrected chi connectivity index (χ4v) is 1.67. The lowest BCUT2D eigenvalue weighted by Gasteiger charge is -2.05. The van der Waals surface area contributed by atoms with Gasteiger partial charge in [-0.2, -0.15) is 0 Å². The number of aromatic nitrogens is 2. The van der Waals surface area contributed by atoms with Crippen LogP contribution in [0.5, 0.6) is 0 Å². The van der Waals surface area contributed by atoms with E-state index in [4.69, 9.17) is 9.47 Å². The van der Waals surface area contributed by atoms with E-state index in [0.717, 1.165) is 11.1 Å². The summed E-state index contributed by atoms with van der Waals surface area (Å²) in [6, 6.07) is 7.09. The van der Waals surface area contributed by atoms with Crippen LogP contribution in [0.25, 0.3) is 11.4 Å². The van der Waals surface area contributed by atoms with Gasteiger partial charge in [-0.25, -0.2) is 0 Å². The lowest BCUT2D eigenvalue weighted by Crippen LogP contribution is -1.95. The molecular formula is C14H12N2O4. The van der Waals surface area contributed by atoms with Crippen molar-refractivity contribution in [2.75, 3.05) is 0 Å². The zero-order valence-corrected chi connectivity index (χ0v) is 10.6. The Hall–Kier alpha value is -2.76. The van der Waals surface area contributed by atoms with E-state index in [9.17, 15) is 9.59 Å². The molecule has 0 fully saturated rings. The Kier molecular flexibility index (Phi) is 4.77. The minimum atomic E-state index is 0.187. The summed E-state index contributed by atoms with van der Waals surface area (Å²) < 4.78 is 9.40. The molecule has 0 N–H and O–H groups in total. The number of carbonyl (C=O) groups is 2. The van der Waals surface area contributed by atoms with Gasteiger partial charge < -0.3 is 9.47 Å². The van der Waals surface area contributed by atoms with Crippen molar-refractivity contribution in [3.05, 3.63) is 47.8 Å². The van der Waals surface area contributed by atoms with Gasteiger partial charge >= 0.3 is 0 Å². The van der Waals surface area contributed by atoms with Crippen molar-refractivity contribution in [2.45, 2.75) is 13.2 Å². The van der Waals surface area contributed by atoms with Crippen molar-refractivity contribution in [2.24, 2.45) is 0 Å². The molecule has 2 aromatic rings. The van der Waals surface area contributed by atoms with Gasteiger partial charge in [0.15, 0.2) is 0 Å². The van der Waals surface area contributed by atoms with Gasteiger partial charge in [-0.3, -0.25) is 19.6 Å². The molecule has 102 valence electrons. The molecule has 2 aromatic heterocycles. The molecule has 0 radical (unpaired) electrons. The summed E-state index contributed by atoms with van der Waals surface area (Å²) in [7, 11) is 0. The summed E-state index contributed by atoms with van der Waals surface area (Å²) in [6.45, 7) is 1.17. The van der Waals surface area contributed by atoms with Crippen LogP contribution < -0.4 is 0 Å². The molecule has 6 heteroatoms. The first-order valence-electron chi connectivity index (χ1n) is 5.84. The predicted octanol–water partition coefficient (Wildman–Crippen LogP) is 1.49. The zero-order chi connectivity index (χ0) is 14.2. The van der Waals surface area contributed by atoms with E-state index < -0.39 is 0 Å². The number of pyridine rings is 2. The fraction of sp³-hybridized carbons (Fsp3) is 0.143. The largest absolute Gasteiger partial charge is 0.463 e. The molecule has 6 nitrogen and oxygen atoms in total. The van der Waals surface area contributed by atoms with Crippen molar-refractivity contribution in [3.8, 4) is 11.4 Å². The maximum Gasteiger partial charge on any atom is 0.293 e. The molecular weight excluding hydrogens is 260 g/mol. The summed E-state index contributed by atoms with van der Waals surface area (Å²) in [4.78, 5) is 28.8. The molecule has 0 spiro atoms. The second-order valence-corrected chi connectivity index (χ2v) is 3.91. The highest BCUT2D eigenvalue weighted by atomic mass is 16.5. The summed E-state index contributed by atoms with van der Waals surface area (Å²) >= 11 is 0. The van der Waals surface area contributed by atoms with Crippen LogP contribution in [-0.2, 0) is 32.3 Å². The lowest BCUT2D eigenvalue weighted by atomic mass is 10.1. The summed E-state index contributed by atoms with van der Waals surface area (Å²) in [5.41, 5.74) is 2.95. The Morgan fingerprint density at radius 1 is 0.850 bits per heavy atom. The standard InChI is InChI=1S/C14H12N2O4/c17-9-19-7-11-1-3-15-13(5-11)14-6-12(2-4-16-14)8-20-10-18/h1-6,9-10H,7-8H2. The van der Waals surface area contributed by atoms with E-state index in [1.54, 1.807) is 36.7 Å². The molecule has 0 aliphatic heterocycles. The fourth-order valence-electron chi connectivity index (χ4n) is 1.67. The minimum Gasteiger partial charge on any atom is -0.463 e. The maximum absolute atomic E-state index is 10.2. The summed E-state index contributed by atoms with van der Waals surface area (Å²) in [5, 5.41) is 0. The third-order valence-corrected chi connectivity index (χ3v) is 2.55. The average Bonchev–Trinajstić information content (AvgIpc) is 2.51. The maximum atomic E-state index is 10.2. The third kappa shape index (κ3) is 3.61. The molecule has 0 aliphatic carbocycles. The zero-order valence-electron chi connectivity index (χ0n) is 10.6. The average molecular weight is 272 g/mol. The van der Waals surface area contributed by atoms with Gasteiger partial charge in [0.2, 0.25) is 0 Å². The van der Waals surface area contributed by atoms with Gasteiger partial charge in [0, 0.05) is 12.4 Å². The monoisotopic (exact) mass is 272 g/mol. The molecule has 0 aliphatic rings. The van der Waals surface area contributed by atoms with E-state index >= 15 is 0 Å². The van der Waals surface area contributed by atoms with E-state index in [1.807, 2.05) is 0 Å². The van der Waals surface area contributed by atoms with Gasteiger partial charge in [-0.05, 0) is 35.4 Å². The van der Waals surface area contributed by atoms with Crippen molar-refractivity contribution in [3.63, 3.8) is 0 Å². The molecule has 20 heavy (non-hydrogen) atoms. The SMILES string of the molecule is O=COCc1ccnc(-c2cc(COC=O)ccn2)c1. The molecule has 2 heterocycles. The van der Waals surface area contributed by atoms with Gasteiger partial charge in [0.05, 0.1) is 11.4 Å². The predicted molar refractivity (Wildman–Crippen MR) is 69.2 cm³/mol. The van der Waals surface area contributed by atoms with Crippen molar-refractivity contribution in [1.29, 1.82) is 0 Å². The molecule has 0 bridgehead atoms. The van der Waals surface area contributed by atoms with Gasteiger partial charge in [-0.1, -0.05) is 0 Å². The highest BCUT2D eigenvalue weighted by Gasteiger charge is 2.04. The number of ether oxygens (including phenoxy) is 2. The lowest BCUT2D eigenvalue weighted by molar-refractivity contribution is -0.130. The topological polar surface area (TPSA) is 78.4 Å². The van der Waals surface area contributed by atoms with Crippen molar-refractivity contribution >= 4 is 12.9 Å². The van der Waals surface area contributed by atoms with Crippen LogP contribution in [0.2, 0.25) is 0 Å². The second-order valence-electron chi connectivity index (χ2n) is 3.91. The Balaban J connectivity index is 2.21. The van der Waals surface area contributed by atoms with Crippen molar-refractivity contribution < 1.29 is 19.1 Å². The Labute approximate surface area is 115 Å². The molecule has 2 rings (SSSR count). The molecule has 0 amide bonds. The van der Waals surface area contributed by atoms with Crippen LogP contribution in [0.15, 0.2) is 36.7 Å². The Morgan fingerprint density at radius 3 is 1.70 bits per heavy atom. The first kappa shape index (κ1) is 13.7. The van der Waals surface area contributed by atoms with Crippen LogP contribution >= 0.6 is 0 Å². The summed E-state index contributed by atoms with van der Waals surface area (Å²) in [6.07, 6.45) is 3.24. The quantitative estimate of drug-likeness (QED) is 0.710. The smallest absolute Gasteiger partial charge is 0.293 e. The van der Waals surface area contributed by atoms with Gasteiger partial charge in [-0.15, -0.1) is 0 Å². The molecule has 0 atom stereocenters. The minimum absolute atomic E-state index is 0.187. The highest BCUT2D eigenvalue weighted by Crippen LogP contribution is 2.17. The van der Waals surface area contributed by atoms with Gasteiger partial charge in [0.1, 0.15) is 13.2 Å². The van der Waals surface area contributed by atoms with Crippen molar-refractivity contribution in [1.82, 2.24) is 9.97 Å². The molecule has 0 saturated heterocycles. The van der Waals surface area contributed by atoms with Gasteiger partial charge in [0.25, 0.3) is 12.9 Å².